The van der Waals surface area contributed by atoms with Crippen LogP contribution in [0.3, 0.4) is 0 Å². The Kier molecular flexibility index (Phi) is 6.50. The molecule has 1 aromatic carbocycles. The van der Waals surface area contributed by atoms with E-state index in [1.807, 2.05) is 24.3 Å². The molecular weight excluding hydrogens is 332 g/mol. The third-order valence-electron chi connectivity index (χ3n) is 2.83. The van der Waals surface area contributed by atoms with Crippen molar-refractivity contribution in [2.75, 3.05) is 19.8 Å². The molecule has 0 atom stereocenters. The highest BCUT2D eigenvalue weighted by molar-refractivity contribution is 9.10. The predicted molar refractivity (Wildman–Crippen MR) is 86.7 cm³/mol. The van der Waals surface area contributed by atoms with E-state index in [-0.39, 0.29) is 0 Å². The molecule has 0 amide bonds. The van der Waals surface area contributed by atoms with Gasteiger partial charge in [0.15, 0.2) is 0 Å². The molecule has 2 aromatic rings. The van der Waals surface area contributed by atoms with E-state index in [2.05, 4.69) is 39.2 Å². The summed E-state index contributed by atoms with van der Waals surface area (Å²) in [6.45, 7) is 4.81. The van der Waals surface area contributed by atoms with Crippen LogP contribution in [0.2, 0.25) is 0 Å². The van der Waals surface area contributed by atoms with Gasteiger partial charge in [-0.3, -0.25) is 4.98 Å². The Bertz CT molecular complexity index is 563. The molecule has 0 saturated heterocycles. The number of halogens is 1. The van der Waals surface area contributed by atoms with Crippen molar-refractivity contribution < 1.29 is 9.47 Å². The maximum absolute atomic E-state index is 5.79. The Hall–Kier alpha value is -1.59. The van der Waals surface area contributed by atoms with Gasteiger partial charge in [0.05, 0.1) is 6.20 Å². The average Bonchev–Trinajstić information content (AvgIpc) is 2.50. The molecule has 1 N–H and O–H groups in total. The molecule has 0 aliphatic carbocycles. The van der Waals surface area contributed by atoms with Crippen molar-refractivity contribution in [1.29, 1.82) is 0 Å². The Morgan fingerprint density at radius 1 is 1.14 bits per heavy atom. The topological polar surface area (TPSA) is 43.4 Å². The van der Waals surface area contributed by atoms with Gasteiger partial charge in [0.1, 0.15) is 24.7 Å². The number of benzene rings is 1. The van der Waals surface area contributed by atoms with Gasteiger partial charge in [-0.25, -0.2) is 0 Å². The van der Waals surface area contributed by atoms with Gasteiger partial charge in [0.25, 0.3) is 0 Å². The number of para-hydroxylation sites is 1. The van der Waals surface area contributed by atoms with Crippen LogP contribution in [-0.4, -0.2) is 24.7 Å². The molecule has 1 aromatic heterocycles. The predicted octanol–water partition coefficient (Wildman–Crippen LogP) is 3.41. The first kappa shape index (κ1) is 15.8. The number of hydrogen-bond acceptors (Lipinski definition) is 4. The zero-order chi connectivity index (χ0) is 14.9. The SMILES string of the molecule is CCNCc1ccccc1OCCOc1cncc(Br)c1. The zero-order valence-electron chi connectivity index (χ0n) is 12.0. The number of pyridine rings is 1. The van der Waals surface area contributed by atoms with Gasteiger partial charge in [-0.15, -0.1) is 0 Å². The van der Waals surface area contributed by atoms with Gasteiger partial charge >= 0.3 is 0 Å². The molecule has 0 unspecified atom stereocenters. The third kappa shape index (κ3) is 5.36. The fourth-order valence-corrected chi connectivity index (χ4v) is 2.18. The molecule has 0 radical (unpaired) electrons. The molecule has 0 saturated carbocycles. The minimum atomic E-state index is 0.480. The molecule has 0 aliphatic rings. The van der Waals surface area contributed by atoms with Gasteiger partial charge in [0.2, 0.25) is 0 Å². The minimum absolute atomic E-state index is 0.480. The van der Waals surface area contributed by atoms with Crippen molar-refractivity contribution in [2.45, 2.75) is 13.5 Å². The summed E-state index contributed by atoms with van der Waals surface area (Å²) in [4.78, 5) is 4.05. The van der Waals surface area contributed by atoms with E-state index in [1.54, 1.807) is 12.4 Å². The zero-order valence-corrected chi connectivity index (χ0v) is 13.6. The van der Waals surface area contributed by atoms with E-state index < -0.39 is 0 Å². The largest absolute Gasteiger partial charge is 0.490 e. The van der Waals surface area contributed by atoms with Crippen molar-refractivity contribution in [3.05, 3.63) is 52.8 Å². The third-order valence-corrected chi connectivity index (χ3v) is 3.26. The molecular formula is C16H19BrN2O2. The number of nitrogens with one attached hydrogen (secondary N) is 1. The van der Waals surface area contributed by atoms with Crippen LogP contribution in [0.5, 0.6) is 11.5 Å². The molecule has 0 bridgehead atoms. The van der Waals surface area contributed by atoms with Crippen LogP contribution in [0.4, 0.5) is 0 Å². The van der Waals surface area contributed by atoms with E-state index in [4.69, 9.17) is 9.47 Å². The number of hydrogen-bond donors (Lipinski definition) is 1. The first-order valence-corrected chi connectivity index (χ1v) is 7.73. The maximum atomic E-state index is 5.79. The number of ether oxygens (including phenoxy) is 2. The van der Waals surface area contributed by atoms with Crippen molar-refractivity contribution in [3.8, 4) is 11.5 Å². The average molecular weight is 351 g/mol. The maximum Gasteiger partial charge on any atom is 0.138 e. The van der Waals surface area contributed by atoms with Crippen LogP contribution in [0.1, 0.15) is 12.5 Å². The lowest BCUT2D eigenvalue weighted by atomic mass is 10.2. The van der Waals surface area contributed by atoms with Gasteiger partial charge in [-0.2, -0.15) is 0 Å². The molecule has 0 fully saturated rings. The van der Waals surface area contributed by atoms with Crippen LogP contribution >= 0.6 is 15.9 Å². The highest BCUT2D eigenvalue weighted by Gasteiger charge is 2.02. The lowest BCUT2D eigenvalue weighted by molar-refractivity contribution is 0.215. The number of nitrogens with zero attached hydrogens (tertiary/aromatic N) is 1. The van der Waals surface area contributed by atoms with Crippen LogP contribution in [0, 0.1) is 0 Å². The van der Waals surface area contributed by atoms with E-state index in [1.165, 1.54) is 0 Å². The van der Waals surface area contributed by atoms with E-state index >= 15 is 0 Å². The van der Waals surface area contributed by atoms with Gasteiger partial charge in [-0.1, -0.05) is 25.1 Å². The highest BCUT2D eigenvalue weighted by Crippen LogP contribution is 2.18. The summed E-state index contributed by atoms with van der Waals surface area (Å²) >= 11 is 3.36. The van der Waals surface area contributed by atoms with Crippen LogP contribution in [0.25, 0.3) is 0 Å². The second kappa shape index (κ2) is 8.64. The monoisotopic (exact) mass is 350 g/mol. The molecule has 0 aliphatic heterocycles. The van der Waals surface area contributed by atoms with E-state index in [0.29, 0.717) is 13.2 Å². The number of aromatic nitrogens is 1. The fourth-order valence-electron chi connectivity index (χ4n) is 1.83. The Morgan fingerprint density at radius 2 is 1.95 bits per heavy atom. The van der Waals surface area contributed by atoms with Gasteiger partial charge in [-0.05, 0) is 34.6 Å². The molecule has 2 rings (SSSR count). The van der Waals surface area contributed by atoms with Gasteiger partial charge < -0.3 is 14.8 Å². The van der Waals surface area contributed by atoms with Crippen LogP contribution in [0.15, 0.2) is 47.2 Å². The lowest BCUT2D eigenvalue weighted by Crippen LogP contribution is -2.14. The molecule has 21 heavy (non-hydrogen) atoms. The summed E-state index contributed by atoms with van der Waals surface area (Å²) in [5.41, 5.74) is 1.16. The smallest absolute Gasteiger partial charge is 0.138 e. The van der Waals surface area contributed by atoms with Crippen LogP contribution in [-0.2, 0) is 6.54 Å². The standard InChI is InChI=1S/C16H19BrN2O2/c1-2-18-10-13-5-3-4-6-16(13)21-8-7-20-15-9-14(17)11-19-12-15/h3-6,9,11-12,18H,2,7-8,10H2,1H3. The molecule has 0 spiro atoms. The quantitative estimate of drug-likeness (QED) is 0.741. The van der Waals surface area contributed by atoms with Crippen LogP contribution < -0.4 is 14.8 Å². The summed E-state index contributed by atoms with van der Waals surface area (Å²) < 4.78 is 12.3. The molecule has 5 heteroatoms. The lowest BCUT2D eigenvalue weighted by Gasteiger charge is -2.12. The second-order valence-corrected chi connectivity index (χ2v) is 5.34. The number of rotatable bonds is 8. The Morgan fingerprint density at radius 3 is 2.76 bits per heavy atom. The molecule has 1 heterocycles. The fraction of sp³-hybridized carbons (Fsp3) is 0.312. The van der Waals surface area contributed by atoms with Crippen molar-refractivity contribution in [1.82, 2.24) is 10.3 Å². The molecule has 4 nitrogen and oxygen atoms in total. The highest BCUT2D eigenvalue weighted by atomic mass is 79.9. The Balaban J connectivity index is 1.80. The minimum Gasteiger partial charge on any atom is -0.490 e. The summed E-state index contributed by atoms with van der Waals surface area (Å²) in [6.07, 6.45) is 3.41. The van der Waals surface area contributed by atoms with Crippen molar-refractivity contribution in [3.63, 3.8) is 0 Å². The van der Waals surface area contributed by atoms with E-state index in [0.717, 1.165) is 34.6 Å². The van der Waals surface area contributed by atoms with Crippen molar-refractivity contribution >= 4 is 15.9 Å². The summed E-state index contributed by atoms with van der Waals surface area (Å²) in [6, 6.07) is 9.92. The first-order valence-electron chi connectivity index (χ1n) is 6.94. The molecule has 112 valence electrons. The normalized spacial score (nSPS) is 10.4. The summed E-state index contributed by atoms with van der Waals surface area (Å²) in [5.74, 6) is 1.63. The van der Waals surface area contributed by atoms with Crippen molar-refractivity contribution in [2.24, 2.45) is 0 Å². The Labute approximate surface area is 133 Å². The summed E-state index contributed by atoms with van der Waals surface area (Å²) in [5, 5.41) is 3.30. The summed E-state index contributed by atoms with van der Waals surface area (Å²) in [7, 11) is 0. The second-order valence-electron chi connectivity index (χ2n) is 4.42. The van der Waals surface area contributed by atoms with E-state index in [9.17, 15) is 0 Å². The van der Waals surface area contributed by atoms with Gasteiger partial charge in [0, 0.05) is 22.8 Å². The first-order chi connectivity index (χ1) is 10.3.